The quantitative estimate of drug-likeness (QED) is 0.480. The number of aliphatic carboxylic acids is 1. The number of carbonyl (C=O) groups is 2. The Kier molecular flexibility index (Phi) is 6.21. The molecule has 1 aliphatic rings. The zero-order valence-electron chi connectivity index (χ0n) is 16.6. The van der Waals surface area contributed by atoms with Crippen molar-refractivity contribution in [2.24, 2.45) is 0 Å². The fourth-order valence-electron chi connectivity index (χ4n) is 3.68. The van der Waals surface area contributed by atoms with Crippen molar-refractivity contribution in [3.8, 4) is 22.6 Å². The first kappa shape index (κ1) is 21.9. The summed E-state index contributed by atoms with van der Waals surface area (Å²) in [7, 11) is 0. The molecule has 2 N–H and O–H groups in total. The zero-order chi connectivity index (χ0) is 22.8. The van der Waals surface area contributed by atoms with Gasteiger partial charge in [0.15, 0.2) is 17.3 Å². The highest BCUT2D eigenvalue weighted by Gasteiger charge is 2.34. The second-order valence-corrected chi connectivity index (χ2v) is 7.86. The van der Waals surface area contributed by atoms with Crippen molar-refractivity contribution >= 4 is 23.4 Å². The van der Waals surface area contributed by atoms with Gasteiger partial charge in [0.05, 0.1) is 11.6 Å². The third kappa shape index (κ3) is 4.49. The molecule has 3 aromatic carbocycles. The van der Waals surface area contributed by atoms with E-state index in [0.29, 0.717) is 10.6 Å². The molecule has 1 fully saturated rings. The van der Waals surface area contributed by atoms with Gasteiger partial charge >= 0.3 is 5.97 Å². The lowest BCUT2D eigenvalue weighted by Crippen LogP contribution is -2.39. The summed E-state index contributed by atoms with van der Waals surface area (Å²) in [5.41, 5.74) is 0.906. The number of halogens is 3. The molecule has 3 aromatic rings. The van der Waals surface area contributed by atoms with Crippen LogP contribution < -0.4 is 10.1 Å². The molecule has 5 nitrogen and oxygen atoms in total. The Morgan fingerprint density at radius 3 is 2.34 bits per heavy atom. The average Bonchev–Trinajstić information content (AvgIpc) is 3.28. The Morgan fingerprint density at radius 1 is 0.938 bits per heavy atom. The zero-order valence-corrected chi connectivity index (χ0v) is 17.4. The molecule has 2 unspecified atom stereocenters. The maximum atomic E-state index is 14.8. The van der Waals surface area contributed by atoms with Crippen LogP contribution in [-0.2, 0) is 4.79 Å². The molecule has 0 aromatic heterocycles. The number of Topliss-reactive ketones (excluding diaryl/α,β-unsaturated/α-hetero) is 1. The Morgan fingerprint density at radius 2 is 1.66 bits per heavy atom. The maximum Gasteiger partial charge on any atom is 0.320 e. The van der Waals surface area contributed by atoms with Crippen molar-refractivity contribution in [3.05, 3.63) is 82.9 Å². The summed E-state index contributed by atoms with van der Waals surface area (Å²) >= 11 is 6.10. The van der Waals surface area contributed by atoms with Crippen molar-refractivity contribution in [1.82, 2.24) is 5.32 Å². The average molecular weight is 458 g/mol. The predicted molar refractivity (Wildman–Crippen MR) is 115 cm³/mol. The smallest absolute Gasteiger partial charge is 0.320 e. The van der Waals surface area contributed by atoms with E-state index >= 15 is 0 Å². The van der Waals surface area contributed by atoms with Crippen LogP contribution in [0.4, 0.5) is 8.78 Å². The normalized spacial score (nSPS) is 17.8. The van der Waals surface area contributed by atoms with Crippen LogP contribution in [0.1, 0.15) is 23.2 Å². The molecule has 164 valence electrons. The topological polar surface area (TPSA) is 75.6 Å². The molecule has 1 saturated heterocycles. The molecular weight excluding hydrogens is 440 g/mol. The summed E-state index contributed by atoms with van der Waals surface area (Å²) in [6.45, 7) is 0. The van der Waals surface area contributed by atoms with Crippen LogP contribution in [0.5, 0.6) is 11.5 Å². The van der Waals surface area contributed by atoms with Gasteiger partial charge in [-0.15, -0.1) is 0 Å². The third-order valence-corrected chi connectivity index (χ3v) is 5.53. The van der Waals surface area contributed by atoms with Gasteiger partial charge in [0.1, 0.15) is 17.6 Å². The Balaban J connectivity index is 1.62. The van der Waals surface area contributed by atoms with E-state index < -0.39 is 41.0 Å². The van der Waals surface area contributed by atoms with Crippen molar-refractivity contribution in [3.63, 3.8) is 0 Å². The number of benzene rings is 3. The summed E-state index contributed by atoms with van der Waals surface area (Å²) in [6.07, 6.45) is 0.455. The molecule has 0 bridgehead atoms. The minimum absolute atomic E-state index is 0.223. The summed E-state index contributed by atoms with van der Waals surface area (Å²) < 4.78 is 35.2. The van der Waals surface area contributed by atoms with E-state index in [1.54, 1.807) is 18.2 Å². The third-order valence-electron chi connectivity index (χ3n) is 5.29. The van der Waals surface area contributed by atoms with Gasteiger partial charge in [-0.25, -0.2) is 8.78 Å². The molecule has 1 heterocycles. The maximum absolute atomic E-state index is 14.8. The van der Waals surface area contributed by atoms with Gasteiger partial charge in [-0.2, -0.15) is 0 Å². The van der Waals surface area contributed by atoms with Crippen LogP contribution in [0.3, 0.4) is 0 Å². The van der Waals surface area contributed by atoms with Gasteiger partial charge in [0, 0.05) is 16.7 Å². The van der Waals surface area contributed by atoms with E-state index in [1.807, 2.05) is 30.3 Å². The van der Waals surface area contributed by atoms with Crippen molar-refractivity contribution in [1.29, 1.82) is 0 Å². The van der Waals surface area contributed by atoms with Crippen LogP contribution in [0.2, 0.25) is 5.02 Å². The monoisotopic (exact) mass is 457 g/mol. The van der Waals surface area contributed by atoms with Crippen LogP contribution in [-0.4, -0.2) is 28.9 Å². The van der Waals surface area contributed by atoms with Gasteiger partial charge in [0.2, 0.25) is 0 Å². The fraction of sp³-hybridized carbons (Fsp3) is 0.167. The molecule has 4 rings (SSSR count). The van der Waals surface area contributed by atoms with Crippen molar-refractivity contribution < 1.29 is 28.2 Å². The summed E-state index contributed by atoms with van der Waals surface area (Å²) in [5, 5.41) is 12.1. The second-order valence-electron chi connectivity index (χ2n) is 7.42. The lowest BCUT2D eigenvalue weighted by molar-refractivity contribution is -0.139. The largest absolute Gasteiger partial charge is 0.480 e. The molecule has 0 saturated carbocycles. The van der Waals surface area contributed by atoms with E-state index in [1.165, 1.54) is 0 Å². The highest BCUT2D eigenvalue weighted by molar-refractivity contribution is 6.31. The number of hydrogen-bond donors (Lipinski definition) is 2. The number of carboxylic acid groups (broad SMARTS) is 1. The number of nitrogens with one attached hydrogen (secondary N) is 1. The molecule has 0 amide bonds. The van der Waals surface area contributed by atoms with Gasteiger partial charge in [-0.3, -0.25) is 14.9 Å². The molecule has 0 radical (unpaired) electrons. The molecule has 0 spiro atoms. The molecule has 1 aliphatic heterocycles. The number of carboxylic acids is 1. The van der Waals surface area contributed by atoms with Crippen LogP contribution in [0.15, 0.2) is 60.7 Å². The summed E-state index contributed by atoms with van der Waals surface area (Å²) in [5.74, 6) is -3.79. The number of ether oxygens (including phenoxy) is 1. The minimum Gasteiger partial charge on any atom is -0.480 e. The van der Waals surface area contributed by atoms with Crippen LogP contribution in [0, 0.1) is 11.6 Å². The Labute approximate surface area is 187 Å². The van der Waals surface area contributed by atoms with Crippen molar-refractivity contribution in [2.75, 3.05) is 0 Å². The van der Waals surface area contributed by atoms with Gasteiger partial charge in [-0.05, 0) is 42.7 Å². The first-order chi connectivity index (χ1) is 15.3. The van der Waals surface area contributed by atoms with E-state index in [2.05, 4.69) is 5.32 Å². The highest BCUT2D eigenvalue weighted by Crippen LogP contribution is 2.37. The Bertz CT molecular complexity index is 1190. The van der Waals surface area contributed by atoms with Gasteiger partial charge < -0.3 is 9.84 Å². The molecule has 8 heteroatoms. The van der Waals surface area contributed by atoms with E-state index in [4.69, 9.17) is 21.4 Å². The minimum atomic E-state index is -1.09. The lowest BCUT2D eigenvalue weighted by atomic mass is 10.0. The fourth-order valence-corrected chi connectivity index (χ4v) is 3.85. The number of carbonyl (C=O) groups excluding carboxylic acids is 1. The standard InChI is InChI=1S/C24H18ClF2NO4/c25-14-6-9-21(15(10-14)13-4-2-1-3-5-13)32-22-12-17(26)16(11-18(22)27)23(29)19-7-8-20(28-19)24(30)31/h1-6,9-12,19-20,28H,7-8H2,(H,30,31). The summed E-state index contributed by atoms with van der Waals surface area (Å²) in [4.78, 5) is 23.7. The lowest BCUT2D eigenvalue weighted by Gasteiger charge is -2.15. The van der Waals surface area contributed by atoms with Crippen LogP contribution in [0.25, 0.3) is 11.1 Å². The number of hydrogen-bond acceptors (Lipinski definition) is 4. The van der Waals surface area contributed by atoms with E-state index in [9.17, 15) is 18.4 Å². The van der Waals surface area contributed by atoms with Gasteiger partial charge in [-0.1, -0.05) is 41.9 Å². The number of rotatable bonds is 6. The first-order valence-electron chi connectivity index (χ1n) is 9.88. The summed E-state index contributed by atoms with van der Waals surface area (Å²) in [6, 6.07) is 13.7. The predicted octanol–water partition coefficient (Wildman–Crippen LogP) is 5.47. The van der Waals surface area contributed by atoms with E-state index in [0.717, 1.165) is 17.7 Å². The first-order valence-corrected chi connectivity index (χ1v) is 10.3. The Hall–Kier alpha value is -3.29. The second kappa shape index (κ2) is 9.06. The SMILES string of the molecule is O=C(O)C1CCC(C(=O)c2cc(F)c(Oc3ccc(Cl)cc3-c3ccccc3)cc2F)N1. The molecule has 2 atom stereocenters. The molecule has 0 aliphatic carbocycles. The molecule has 32 heavy (non-hydrogen) atoms. The number of ketones is 1. The van der Waals surface area contributed by atoms with Gasteiger partial charge in [0.25, 0.3) is 0 Å². The van der Waals surface area contributed by atoms with Crippen LogP contribution >= 0.6 is 11.6 Å². The molecular formula is C24H18ClF2NO4. The van der Waals surface area contributed by atoms with Crippen molar-refractivity contribution in [2.45, 2.75) is 24.9 Å². The van der Waals surface area contributed by atoms with E-state index in [-0.39, 0.29) is 24.3 Å². The highest BCUT2D eigenvalue weighted by atomic mass is 35.5.